The molecule has 1 fully saturated rings. The lowest BCUT2D eigenvalue weighted by molar-refractivity contribution is -0.00574. The highest BCUT2D eigenvalue weighted by molar-refractivity contribution is 6.22. The lowest BCUT2D eigenvalue weighted by atomic mass is 9.82. The first kappa shape index (κ1) is 23.2. The number of imide groups is 1. The molecule has 3 aliphatic rings. The van der Waals surface area contributed by atoms with Crippen LogP contribution in [-0.4, -0.2) is 72.3 Å². The number of rotatable bonds is 5. The third-order valence-corrected chi connectivity index (χ3v) is 7.15. The summed E-state index contributed by atoms with van der Waals surface area (Å²) < 4.78 is 11.3. The van der Waals surface area contributed by atoms with Gasteiger partial charge in [0.15, 0.2) is 5.78 Å². The van der Waals surface area contributed by atoms with Crippen LogP contribution in [0.2, 0.25) is 0 Å². The number of amides is 3. The SMILES string of the molecule is COCCCN1C(=O)c2ccc(C(=O)N3CCC4(CC3)CC(=O)c3cc(C)ccc3O4)cc2C1=O. The number of piperidine rings is 1. The van der Waals surface area contributed by atoms with Crippen LogP contribution in [0.5, 0.6) is 5.75 Å². The number of likely N-dealkylation sites (tertiary alicyclic amines) is 1. The molecule has 8 heteroatoms. The van der Waals surface area contributed by atoms with Gasteiger partial charge in [-0.1, -0.05) is 11.6 Å². The van der Waals surface area contributed by atoms with E-state index in [1.807, 2.05) is 25.1 Å². The van der Waals surface area contributed by atoms with Crippen LogP contribution in [0, 0.1) is 6.92 Å². The summed E-state index contributed by atoms with van der Waals surface area (Å²) in [6.07, 6.45) is 1.96. The molecule has 182 valence electrons. The molecule has 3 aliphatic heterocycles. The molecule has 8 nitrogen and oxygen atoms in total. The molecule has 2 aromatic rings. The van der Waals surface area contributed by atoms with Crippen molar-refractivity contribution >= 4 is 23.5 Å². The Hall–Kier alpha value is -3.52. The van der Waals surface area contributed by atoms with E-state index in [2.05, 4.69) is 0 Å². The van der Waals surface area contributed by atoms with Gasteiger partial charge in [-0.25, -0.2) is 0 Å². The van der Waals surface area contributed by atoms with Crippen LogP contribution in [0.15, 0.2) is 36.4 Å². The van der Waals surface area contributed by atoms with E-state index in [1.165, 1.54) is 11.0 Å². The summed E-state index contributed by atoms with van der Waals surface area (Å²) in [7, 11) is 1.57. The third-order valence-electron chi connectivity index (χ3n) is 7.15. The highest BCUT2D eigenvalue weighted by atomic mass is 16.5. The van der Waals surface area contributed by atoms with Crippen molar-refractivity contribution in [2.45, 2.75) is 38.2 Å². The molecule has 1 saturated heterocycles. The topological polar surface area (TPSA) is 93.2 Å². The molecule has 1 spiro atoms. The van der Waals surface area contributed by atoms with Gasteiger partial charge in [0.2, 0.25) is 0 Å². The normalized spacial score (nSPS) is 18.5. The molecule has 0 saturated carbocycles. The average molecular weight is 477 g/mol. The fourth-order valence-electron chi connectivity index (χ4n) is 5.18. The van der Waals surface area contributed by atoms with Gasteiger partial charge in [-0.15, -0.1) is 0 Å². The van der Waals surface area contributed by atoms with E-state index in [4.69, 9.17) is 9.47 Å². The van der Waals surface area contributed by atoms with Crippen molar-refractivity contribution in [1.82, 2.24) is 9.80 Å². The summed E-state index contributed by atoms with van der Waals surface area (Å²) in [4.78, 5) is 54.4. The quantitative estimate of drug-likeness (QED) is 0.486. The number of carbonyl (C=O) groups excluding carboxylic acids is 4. The number of methoxy groups -OCH3 is 1. The molecule has 2 aromatic carbocycles. The summed E-state index contributed by atoms with van der Waals surface area (Å²) in [6, 6.07) is 10.3. The van der Waals surface area contributed by atoms with E-state index in [1.54, 1.807) is 24.1 Å². The van der Waals surface area contributed by atoms with Gasteiger partial charge in [0.1, 0.15) is 11.4 Å². The summed E-state index contributed by atoms with van der Waals surface area (Å²) in [5.41, 5.74) is 2.01. The fourth-order valence-corrected chi connectivity index (χ4v) is 5.18. The molecule has 5 rings (SSSR count). The molecule has 0 aliphatic carbocycles. The number of ether oxygens (including phenoxy) is 2. The van der Waals surface area contributed by atoms with E-state index >= 15 is 0 Å². The molecule has 0 atom stereocenters. The number of aryl methyl sites for hydroxylation is 1. The van der Waals surface area contributed by atoms with E-state index in [0.29, 0.717) is 67.8 Å². The van der Waals surface area contributed by atoms with Crippen LogP contribution in [0.1, 0.15) is 72.7 Å². The number of fused-ring (bicyclic) bond motifs is 2. The van der Waals surface area contributed by atoms with Gasteiger partial charge >= 0.3 is 0 Å². The maximum absolute atomic E-state index is 13.2. The molecule has 3 amide bonds. The van der Waals surface area contributed by atoms with Crippen LogP contribution >= 0.6 is 0 Å². The molecular formula is C27H28N2O6. The maximum Gasteiger partial charge on any atom is 0.261 e. The second-order valence-electron chi connectivity index (χ2n) is 9.55. The number of benzene rings is 2. The van der Waals surface area contributed by atoms with Gasteiger partial charge in [-0.05, 0) is 43.7 Å². The van der Waals surface area contributed by atoms with E-state index in [-0.39, 0.29) is 35.6 Å². The highest BCUT2D eigenvalue weighted by Gasteiger charge is 2.44. The van der Waals surface area contributed by atoms with Crippen molar-refractivity contribution in [2.75, 3.05) is 33.4 Å². The number of nitrogens with zero attached hydrogens (tertiary/aromatic N) is 2. The van der Waals surface area contributed by atoms with Crippen LogP contribution in [-0.2, 0) is 4.74 Å². The zero-order valence-corrected chi connectivity index (χ0v) is 20.0. The molecule has 35 heavy (non-hydrogen) atoms. The maximum atomic E-state index is 13.2. The van der Waals surface area contributed by atoms with Crippen LogP contribution in [0.25, 0.3) is 0 Å². The van der Waals surface area contributed by atoms with E-state index in [9.17, 15) is 19.2 Å². The average Bonchev–Trinajstić information content (AvgIpc) is 3.09. The van der Waals surface area contributed by atoms with Gasteiger partial charge in [0, 0.05) is 51.8 Å². The number of carbonyl (C=O) groups is 4. The fraction of sp³-hybridized carbons (Fsp3) is 0.407. The smallest absolute Gasteiger partial charge is 0.261 e. The minimum absolute atomic E-state index is 0.0755. The predicted octanol–water partition coefficient (Wildman–Crippen LogP) is 3.27. The Labute approximate surface area is 203 Å². The summed E-state index contributed by atoms with van der Waals surface area (Å²) in [5, 5.41) is 0. The molecule has 0 bridgehead atoms. The molecule has 0 radical (unpaired) electrons. The number of hydrogen-bond acceptors (Lipinski definition) is 6. The molecule has 0 unspecified atom stereocenters. The standard InChI is InChI=1S/C27H28N2O6/c1-17-4-7-23-21(14-17)22(30)16-27(35-23)8-11-28(12-9-27)24(31)18-5-6-19-20(15-18)26(33)29(25(19)32)10-3-13-34-2/h4-7,14-15H,3,8-13,16H2,1-2H3. The van der Waals surface area contributed by atoms with Crippen molar-refractivity contribution in [3.05, 3.63) is 64.2 Å². The first-order valence-corrected chi connectivity index (χ1v) is 11.9. The largest absolute Gasteiger partial charge is 0.486 e. The predicted molar refractivity (Wildman–Crippen MR) is 127 cm³/mol. The Morgan fingerprint density at radius 1 is 1.00 bits per heavy atom. The van der Waals surface area contributed by atoms with Crippen molar-refractivity contribution in [2.24, 2.45) is 0 Å². The van der Waals surface area contributed by atoms with Crippen molar-refractivity contribution in [3.63, 3.8) is 0 Å². The first-order chi connectivity index (χ1) is 16.8. The van der Waals surface area contributed by atoms with Crippen molar-refractivity contribution < 1.29 is 28.7 Å². The Bertz CT molecular complexity index is 1230. The minimum atomic E-state index is -0.598. The second kappa shape index (κ2) is 8.92. The van der Waals surface area contributed by atoms with E-state index in [0.717, 1.165) is 5.56 Å². The van der Waals surface area contributed by atoms with Crippen molar-refractivity contribution in [3.8, 4) is 5.75 Å². The van der Waals surface area contributed by atoms with Crippen molar-refractivity contribution in [1.29, 1.82) is 0 Å². The molecule has 3 heterocycles. The van der Waals surface area contributed by atoms with Gasteiger partial charge in [0.25, 0.3) is 17.7 Å². The number of ketones is 1. The Morgan fingerprint density at radius 2 is 1.74 bits per heavy atom. The summed E-state index contributed by atoms with van der Waals surface area (Å²) in [5.74, 6) is -0.222. The van der Waals surface area contributed by atoms with Gasteiger partial charge in [0.05, 0.1) is 23.1 Å². The zero-order chi connectivity index (χ0) is 24.7. The monoisotopic (exact) mass is 476 g/mol. The molecule has 0 aromatic heterocycles. The molecule has 0 N–H and O–H groups in total. The Morgan fingerprint density at radius 3 is 2.49 bits per heavy atom. The lowest BCUT2D eigenvalue weighted by Gasteiger charge is -2.44. The zero-order valence-electron chi connectivity index (χ0n) is 20.0. The number of hydrogen-bond donors (Lipinski definition) is 0. The third kappa shape index (κ3) is 4.12. The summed E-state index contributed by atoms with van der Waals surface area (Å²) >= 11 is 0. The molecular weight excluding hydrogens is 448 g/mol. The van der Waals surface area contributed by atoms with Gasteiger partial charge in [-0.3, -0.25) is 24.1 Å². The first-order valence-electron chi connectivity index (χ1n) is 11.9. The van der Waals surface area contributed by atoms with Crippen LogP contribution in [0.3, 0.4) is 0 Å². The summed E-state index contributed by atoms with van der Waals surface area (Å²) in [6.45, 7) is 3.57. The lowest BCUT2D eigenvalue weighted by Crippen LogP contribution is -2.52. The Balaban J connectivity index is 1.27. The number of Topliss-reactive ketones (excluding diaryl/α,β-unsaturated/α-hetero) is 1. The van der Waals surface area contributed by atoms with Crippen LogP contribution in [0.4, 0.5) is 0 Å². The minimum Gasteiger partial charge on any atom is -0.486 e. The second-order valence-corrected chi connectivity index (χ2v) is 9.55. The van der Waals surface area contributed by atoms with E-state index < -0.39 is 5.60 Å². The Kier molecular flexibility index (Phi) is 5.92. The highest BCUT2D eigenvalue weighted by Crippen LogP contribution is 2.40. The van der Waals surface area contributed by atoms with Gasteiger partial charge in [-0.2, -0.15) is 0 Å². The van der Waals surface area contributed by atoms with Gasteiger partial charge < -0.3 is 14.4 Å². The van der Waals surface area contributed by atoms with Crippen LogP contribution < -0.4 is 4.74 Å².